The van der Waals surface area contributed by atoms with Crippen LogP contribution >= 0.6 is 11.6 Å². The Balaban J connectivity index is 2.33. The summed E-state index contributed by atoms with van der Waals surface area (Å²) in [6.07, 6.45) is 1.61. The van der Waals surface area contributed by atoms with Crippen LogP contribution in [-0.2, 0) is 22.6 Å². The number of rotatable bonds is 8. The van der Waals surface area contributed by atoms with Crippen molar-refractivity contribution < 1.29 is 9.59 Å². The molecule has 0 saturated carbocycles. The van der Waals surface area contributed by atoms with Gasteiger partial charge in [-0.3, -0.25) is 9.59 Å². The lowest BCUT2D eigenvalue weighted by molar-refractivity contribution is -0.141. The third-order valence-corrected chi connectivity index (χ3v) is 4.46. The van der Waals surface area contributed by atoms with Crippen LogP contribution in [0, 0.1) is 0 Å². The van der Waals surface area contributed by atoms with Gasteiger partial charge in [-0.1, -0.05) is 61.0 Å². The second kappa shape index (κ2) is 9.97. The molecule has 5 heteroatoms. The molecule has 0 bridgehead atoms. The molecule has 0 aliphatic carbocycles. The number of amides is 2. The summed E-state index contributed by atoms with van der Waals surface area (Å²) < 4.78 is 0. The maximum atomic E-state index is 12.8. The van der Waals surface area contributed by atoms with E-state index in [0.717, 1.165) is 17.5 Å². The van der Waals surface area contributed by atoms with E-state index in [1.165, 1.54) is 0 Å². The van der Waals surface area contributed by atoms with Gasteiger partial charge in [0.05, 0.1) is 0 Å². The minimum Gasteiger partial charge on any atom is -0.357 e. The van der Waals surface area contributed by atoms with Crippen LogP contribution in [0.4, 0.5) is 0 Å². The predicted octanol–water partition coefficient (Wildman–Crippen LogP) is 3.83. The van der Waals surface area contributed by atoms with Crippen molar-refractivity contribution in [1.29, 1.82) is 0 Å². The number of halogens is 1. The van der Waals surface area contributed by atoms with Crippen molar-refractivity contribution in [2.75, 3.05) is 7.05 Å². The highest BCUT2D eigenvalue weighted by Gasteiger charge is 2.29. The summed E-state index contributed by atoms with van der Waals surface area (Å²) in [5, 5.41) is 3.32. The molecule has 0 fully saturated rings. The second-order valence-electron chi connectivity index (χ2n) is 6.22. The number of likely N-dealkylation sites (N-methyl/N-ethyl adjacent to an activating group) is 1. The molecule has 0 saturated heterocycles. The van der Waals surface area contributed by atoms with Crippen molar-refractivity contribution in [3.8, 4) is 0 Å². The summed E-state index contributed by atoms with van der Waals surface area (Å²) >= 11 is 6.09. The lowest BCUT2D eigenvalue weighted by Gasteiger charge is -2.31. The Bertz CT molecular complexity index is 734. The molecule has 1 atom stereocenters. The van der Waals surface area contributed by atoms with Gasteiger partial charge in [-0.05, 0) is 29.7 Å². The van der Waals surface area contributed by atoms with E-state index in [0.29, 0.717) is 24.4 Å². The molecule has 2 rings (SSSR count). The lowest BCUT2D eigenvalue weighted by Crippen LogP contribution is -2.49. The summed E-state index contributed by atoms with van der Waals surface area (Å²) in [6, 6.07) is 16.6. The molecule has 26 heavy (non-hydrogen) atoms. The van der Waals surface area contributed by atoms with Crippen molar-refractivity contribution in [1.82, 2.24) is 10.2 Å². The Kier molecular flexibility index (Phi) is 7.67. The smallest absolute Gasteiger partial charge is 0.242 e. The van der Waals surface area contributed by atoms with Gasteiger partial charge in [0.2, 0.25) is 11.8 Å². The van der Waals surface area contributed by atoms with E-state index >= 15 is 0 Å². The van der Waals surface area contributed by atoms with E-state index in [-0.39, 0.29) is 11.8 Å². The molecule has 1 unspecified atom stereocenters. The summed E-state index contributed by atoms with van der Waals surface area (Å²) in [7, 11) is 1.60. The average molecular weight is 373 g/mol. The van der Waals surface area contributed by atoms with Gasteiger partial charge in [-0.25, -0.2) is 0 Å². The summed E-state index contributed by atoms with van der Waals surface area (Å²) in [5.41, 5.74) is 1.92. The van der Waals surface area contributed by atoms with Crippen LogP contribution in [0.2, 0.25) is 5.02 Å². The van der Waals surface area contributed by atoms with Crippen molar-refractivity contribution in [2.24, 2.45) is 0 Å². The largest absolute Gasteiger partial charge is 0.357 e. The lowest BCUT2D eigenvalue weighted by atomic mass is 10.0. The molecule has 0 heterocycles. The molecule has 0 aliphatic rings. The van der Waals surface area contributed by atoms with E-state index in [1.54, 1.807) is 18.0 Å². The normalized spacial score (nSPS) is 11.7. The molecule has 1 N–H and O–H groups in total. The molecular formula is C21H25ClN2O2. The SMILES string of the molecule is CCCC(=O)N(Cc1cccc(Cl)c1)C(Cc1ccccc1)C(=O)NC. The van der Waals surface area contributed by atoms with Crippen LogP contribution in [0.15, 0.2) is 54.6 Å². The maximum Gasteiger partial charge on any atom is 0.242 e. The molecular weight excluding hydrogens is 348 g/mol. The van der Waals surface area contributed by atoms with Crippen LogP contribution < -0.4 is 5.32 Å². The quantitative estimate of drug-likeness (QED) is 0.765. The van der Waals surface area contributed by atoms with Crippen LogP contribution in [-0.4, -0.2) is 29.8 Å². The number of hydrogen-bond donors (Lipinski definition) is 1. The maximum absolute atomic E-state index is 12.8. The number of hydrogen-bond acceptors (Lipinski definition) is 2. The first-order valence-electron chi connectivity index (χ1n) is 8.84. The van der Waals surface area contributed by atoms with Crippen molar-refractivity contribution >= 4 is 23.4 Å². The van der Waals surface area contributed by atoms with Crippen LogP contribution in [0.1, 0.15) is 30.9 Å². The monoisotopic (exact) mass is 372 g/mol. The summed E-state index contributed by atoms with van der Waals surface area (Å²) in [4.78, 5) is 27.1. The van der Waals surface area contributed by atoms with Crippen molar-refractivity contribution in [3.63, 3.8) is 0 Å². The van der Waals surface area contributed by atoms with Gasteiger partial charge in [0.15, 0.2) is 0 Å². The number of carbonyl (C=O) groups excluding carboxylic acids is 2. The molecule has 0 aromatic heterocycles. The highest BCUT2D eigenvalue weighted by Crippen LogP contribution is 2.18. The number of carbonyl (C=O) groups is 2. The zero-order chi connectivity index (χ0) is 18.9. The molecule has 2 amide bonds. The van der Waals surface area contributed by atoms with Crippen LogP contribution in [0.5, 0.6) is 0 Å². The Hall–Kier alpha value is -2.33. The van der Waals surface area contributed by atoms with E-state index in [9.17, 15) is 9.59 Å². The van der Waals surface area contributed by atoms with Gasteiger partial charge in [-0.15, -0.1) is 0 Å². The molecule has 2 aromatic rings. The van der Waals surface area contributed by atoms with Gasteiger partial charge < -0.3 is 10.2 Å². The Morgan fingerprint density at radius 2 is 1.77 bits per heavy atom. The van der Waals surface area contributed by atoms with Gasteiger partial charge >= 0.3 is 0 Å². The summed E-state index contributed by atoms with van der Waals surface area (Å²) in [5.74, 6) is -0.197. The fourth-order valence-corrected chi connectivity index (χ4v) is 3.12. The van der Waals surface area contributed by atoms with Gasteiger partial charge in [0.1, 0.15) is 6.04 Å². The number of benzene rings is 2. The van der Waals surface area contributed by atoms with Crippen molar-refractivity contribution in [2.45, 2.75) is 38.8 Å². The molecule has 0 aliphatic heterocycles. The van der Waals surface area contributed by atoms with Crippen molar-refractivity contribution in [3.05, 3.63) is 70.7 Å². The summed E-state index contributed by atoms with van der Waals surface area (Å²) in [6.45, 7) is 2.31. The Labute approximate surface area is 160 Å². The average Bonchev–Trinajstić information content (AvgIpc) is 2.65. The molecule has 4 nitrogen and oxygen atoms in total. The first kappa shape index (κ1) is 20.0. The Morgan fingerprint density at radius 3 is 2.38 bits per heavy atom. The minimum absolute atomic E-state index is 0.0305. The third-order valence-electron chi connectivity index (χ3n) is 4.22. The molecule has 138 valence electrons. The van der Waals surface area contributed by atoms with E-state index in [1.807, 2.05) is 55.5 Å². The zero-order valence-corrected chi connectivity index (χ0v) is 16.0. The first-order chi connectivity index (χ1) is 12.5. The van der Waals surface area contributed by atoms with Gasteiger partial charge in [0, 0.05) is 31.5 Å². The predicted molar refractivity (Wildman–Crippen MR) is 105 cm³/mol. The number of nitrogens with zero attached hydrogens (tertiary/aromatic N) is 1. The standard InChI is InChI=1S/C21H25ClN2O2/c1-3-8-20(25)24(15-17-11-7-12-18(22)13-17)19(21(26)23-2)14-16-9-5-4-6-10-16/h4-7,9-13,19H,3,8,14-15H2,1-2H3,(H,23,26). The van der Waals surface area contributed by atoms with E-state index < -0.39 is 6.04 Å². The van der Waals surface area contributed by atoms with E-state index in [2.05, 4.69) is 5.32 Å². The molecule has 0 radical (unpaired) electrons. The fraction of sp³-hybridized carbons (Fsp3) is 0.333. The minimum atomic E-state index is -0.569. The highest BCUT2D eigenvalue weighted by atomic mass is 35.5. The topological polar surface area (TPSA) is 49.4 Å². The first-order valence-corrected chi connectivity index (χ1v) is 9.22. The fourth-order valence-electron chi connectivity index (χ4n) is 2.91. The zero-order valence-electron chi connectivity index (χ0n) is 15.2. The molecule has 2 aromatic carbocycles. The van der Waals surface area contributed by atoms with Crippen LogP contribution in [0.25, 0.3) is 0 Å². The van der Waals surface area contributed by atoms with Crippen LogP contribution in [0.3, 0.4) is 0 Å². The van der Waals surface area contributed by atoms with E-state index in [4.69, 9.17) is 11.6 Å². The Morgan fingerprint density at radius 1 is 1.08 bits per heavy atom. The second-order valence-corrected chi connectivity index (χ2v) is 6.66. The highest BCUT2D eigenvalue weighted by molar-refractivity contribution is 6.30. The van der Waals surface area contributed by atoms with Gasteiger partial charge in [-0.2, -0.15) is 0 Å². The van der Waals surface area contributed by atoms with Gasteiger partial charge in [0.25, 0.3) is 0 Å². The third kappa shape index (κ3) is 5.60. The number of nitrogens with one attached hydrogen (secondary N) is 1. The molecule has 0 spiro atoms.